The van der Waals surface area contributed by atoms with Crippen LogP contribution in [0.25, 0.3) is 11.1 Å². The number of likely N-dealkylation sites (tertiary alicyclic amines) is 2. The fraction of sp³-hybridized carbons (Fsp3) is 0.452. The van der Waals surface area contributed by atoms with Gasteiger partial charge in [0.2, 0.25) is 0 Å². The molecule has 3 heterocycles. The second kappa shape index (κ2) is 12.1. The van der Waals surface area contributed by atoms with Gasteiger partial charge in [0.15, 0.2) is 0 Å². The Morgan fingerprint density at radius 3 is 2.41 bits per heavy atom. The Labute approximate surface area is 219 Å². The average molecular weight is 504 g/mol. The number of allylic oxidation sites excluding steroid dienone is 2. The van der Waals surface area contributed by atoms with Crippen LogP contribution in [0.2, 0.25) is 0 Å². The lowest BCUT2D eigenvalue weighted by Gasteiger charge is -2.41. The minimum Gasteiger partial charge on any atom is -0.393 e. The summed E-state index contributed by atoms with van der Waals surface area (Å²) in [6.07, 6.45) is 12.8. The molecule has 0 saturated carbocycles. The normalized spacial score (nSPS) is 20.4. The summed E-state index contributed by atoms with van der Waals surface area (Å²) in [6, 6.07) is 15.3. The molecule has 0 unspecified atom stereocenters. The molecule has 0 radical (unpaired) electrons. The van der Waals surface area contributed by atoms with Gasteiger partial charge in [-0.1, -0.05) is 48.6 Å². The van der Waals surface area contributed by atoms with Crippen molar-refractivity contribution in [3.8, 4) is 11.1 Å². The number of benzene rings is 2. The van der Waals surface area contributed by atoms with Gasteiger partial charge in [-0.25, -0.2) is 4.39 Å². The summed E-state index contributed by atoms with van der Waals surface area (Å²) in [5.41, 5.74) is 3.88. The van der Waals surface area contributed by atoms with Gasteiger partial charge in [-0.2, -0.15) is 0 Å². The number of hydrogen-bond donors (Lipinski definition) is 1. The van der Waals surface area contributed by atoms with Crippen LogP contribution in [-0.2, 0) is 11.3 Å². The van der Waals surface area contributed by atoms with Gasteiger partial charge in [0.1, 0.15) is 11.5 Å². The summed E-state index contributed by atoms with van der Waals surface area (Å²) < 4.78 is 13.5. The molecule has 2 fully saturated rings. The Bertz CT molecular complexity index is 1110. The smallest absolute Gasteiger partial charge is 0.270 e. The molecule has 5 nitrogen and oxygen atoms in total. The number of halogens is 1. The lowest BCUT2D eigenvalue weighted by Crippen LogP contribution is -2.50. The second-order valence-electron chi connectivity index (χ2n) is 10.5. The molecule has 2 saturated heterocycles. The average Bonchev–Trinajstić information content (AvgIpc) is 2.91. The van der Waals surface area contributed by atoms with Crippen LogP contribution in [0.15, 0.2) is 72.6 Å². The summed E-state index contributed by atoms with van der Waals surface area (Å²) in [6.45, 7) is 4.02. The molecule has 5 rings (SSSR count). The molecule has 0 aliphatic carbocycles. The van der Waals surface area contributed by atoms with E-state index in [1.165, 1.54) is 12.1 Å². The van der Waals surface area contributed by atoms with E-state index in [1.54, 1.807) is 0 Å². The molecule has 3 aliphatic rings. The minimum absolute atomic E-state index is 0.110. The van der Waals surface area contributed by atoms with E-state index in [4.69, 9.17) is 0 Å². The molecule has 2 aromatic carbocycles. The highest BCUT2D eigenvalue weighted by Crippen LogP contribution is 2.28. The molecule has 3 aliphatic heterocycles. The Morgan fingerprint density at radius 2 is 1.65 bits per heavy atom. The molecule has 196 valence electrons. The maximum absolute atomic E-state index is 13.8. The van der Waals surface area contributed by atoms with Gasteiger partial charge >= 0.3 is 0 Å². The molecule has 0 atom stereocenters. The van der Waals surface area contributed by atoms with Crippen molar-refractivity contribution < 1.29 is 14.3 Å². The van der Waals surface area contributed by atoms with E-state index in [0.29, 0.717) is 12.6 Å². The van der Waals surface area contributed by atoms with Crippen LogP contribution in [0.3, 0.4) is 0 Å². The highest BCUT2D eigenvalue weighted by Gasteiger charge is 2.31. The summed E-state index contributed by atoms with van der Waals surface area (Å²) in [5.74, 6) is -0.135. The predicted molar refractivity (Wildman–Crippen MR) is 145 cm³/mol. The van der Waals surface area contributed by atoms with E-state index in [9.17, 15) is 14.3 Å². The zero-order chi connectivity index (χ0) is 25.6. The first-order valence-corrected chi connectivity index (χ1v) is 13.8. The van der Waals surface area contributed by atoms with Crippen LogP contribution in [0.1, 0.15) is 50.5 Å². The third kappa shape index (κ3) is 6.31. The molecule has 2 aromatic rings. The number of amides is 1. The maximum atomic E-state index is 13.8. The van der Waals surface area contributed by atoms with Crippen LogP contribution in [0, 0.1) is 5.82 Å². The molecular formula is C31H38FN3O2. The monoisotopic (exact) mass is 503 g/mol. The molecule has 0 bridgehead atoms. The molecule has 1 amide bonds. The van der Waals surface area contributed by atoms with Crippen LogP contribution >= 0.6 is 0 Å². The number of nitrogens with zero attached hydrogens (tertiary/aromatic N) is 3. The van der Waals surface area contributed by atoms with E-state index in [-0.39, 0.29) is 17.8 Å². The lowest BCUT2D eigenvalue weighted by molar-refractivity contribution is -0.130. The highest BCUT2D eigenvalue weighted by atomic mass is 19.1. The van der Waals surface area contributed by atoms with E-state index in [1.807, 2.05) is 29.2 Å². The first kappa shape index (κ1) is 25.7. The Hall–Kier alpha value is -2.96. The second-order valence-corrected chi connectivity index (χ2v) is 10.5. The number of rotatable bonds is 5. The first-order valence-electron chi connectivity index (χ1n) is 13.8. The highest BCUT2D eigenvalue weighted by molar-refractivity contribution is 5.93. The Kier molecular flexibility index (Phi) is 8.37. The van der Waals surface area contributed by atoms with Crippen LogP contribution in [0.4, 0.5) is 4.39 Å². The van der Waals surface area contributed by atoms with E-state index < -0.39 is 0 Å². The van der Waals surface area contributed by atoms with Crippen LogP contribution < -0.4 is 0 Å². The third-order valence-electron chi connectivity index (χ3n) is 8.01. The van der Waals surface area contributed by atoms with Gasteiger partial charge in [-0.15, -0.1) is 0 Å². The quantitative estimate of drug-likeness (QED) is 0.600. The molecule has 0 spiro atoms. The summed E-state index contributed by atoms with van der Waals surface area (Å²) in [4.78, 5) is 20.5. The number of aliphatic hydroxyl groups is 1. The zero-order valence-electron chi connectivity index (χ0n) is 21.6. The predicted octanol–water partition coefficient (Wildman–Crippen LogP) is 5.32. The van der Waals surface area contributed by atoms with E-state index in [2.05, 4.69) is 40.3 Å². The topological polar surface area (TPSA) is 47.0 Å². The van der Waals surface area contributed by atoms with E-state index in [0.717, 1.165) is 93.5 Å². The number of hydrogen-bond acceptors (Lipinski definition) is 4. The van der Waals surface area contributed by atoms with Crippen molar-refractivity contribution >= 4 is 5.91 Å². The summed E-state index contributed by atoms with van der Waals surface area (Å²) in [5, 5.41) is 9.84. The fourth-order valence-electron chi connectivity index (χ4n) is 5.82. The number of carbonyl (C=O) groups is 1. The van der Waals surface area contributed by atoms with Crippen molar-refractivity contribution in [1.82, 2.24) is 14.7 Å². The number of aliphatic hydroxyl groups excluding tert-OH is 1. The Balaban J connectivity index is 1.30. The molecule has 6 heteroatoms. The standard InChI is InChI=1S/C31H38FN3O2/c32-26-12-10-24(11-13-26)29-8-5-4-7-25(29)23-35-18-6-2-1-3-9-30(35)31(37)34-19-14-27(15-20-34)33-21-16-28(36)17-22-33/h4-13,18,27-28,36H,1-3,14-17,19-23H2. The van der Waals surface area contributed by atoms with Crippen molar-refractivity contribution in [3.63, 3.8) is 0 Å². The number of carbonyl (C=O) groups excluding carboxylic acids is 1. The lowest BCUT2D eigenvalue weighted by atomic mass is 9.98. The van der Waals surface area contributed by atoms with E-state index >= 15 is 0 Å². The molecular weight excluding hydrogens is 465 g/mol. The van der Waals surface area contributed by atoms with Gasteiger partial charge in [0.25, 0.3) is 5.91 Å². The SMILES string of the molecule is O=C(C1=CCCCC=CN1Cc1ccccc1-c1ccc(F)cc1)N1CCC(N2CCC(O)CC2)CC1. The van der Waals surface area contributed by atoms with Crippen LogP contribution in [-0.4, -0.2) is 64.0 Å². The minimum atomic E-state index is -0.245. The van der Waals surface area contributed by atoms with Crippen molar-refractivity contribution in [1.29, 1.82) is 0 Å². The van der Waals surface area contributed by atoms with Gasteiger partial charge < -0.3 is 19.8 Å². The Morgan fingerprint density at radius 1 is 0.919 bits per heavy atom. The largest absolute Gasteiger partial charge is 0.393 e. The van der Waals surface area contributed by atoms with Crippen molar-refractivity contribution in [2.45, 2.75) is 63.6 Å². The number of piperidine rings is 2. The van der Waals surface area contributed by atoms with Gasteiger partial charge in [0, 0.05) is 45.0 Å². The fourth-order valence-corrected chi connectivity index (χ4v) is 5.82. The summed E-state index contributed by atoms with van der Waals surface area (Å²) in [7, 11) is 0. The van der Waals surface area contributed by atoms with Gasteiger partial charge in [-0.05, 0) is 73.8 Å². The first-order chi connectivity index (χ1) is 18.1. The van der Waals surface area contributed by atoms with Crippen LogP contribution in [0.5, 0.6) is 0 Å². The third-order valence-corrected chi connectivity index (χ3v) is 8.01. The maximum Gasteiger partial charge on any atom is 0.270 e. The van der Waals surface area contributed by atoms with Crippen molar-refractivity contribution in [2.24, 2.45) is 0 Å². The molecule has 37 heavy (non-hydrogen) atoms. The summed E-state index contributed by atoms with van der Waals surface area (Å²) >= 11 is 0. The van der Waals surface area contributed by atoms with Crippen molar-refractivity contribution in [2.75, 3.05) is 26.2 Å². The van der Waals surface area contributed by atoms with Gasteiger partial charge in [0.05, 0.1) is 6.10 Å². The van der Waals surface area contributed by atoms with Gasteiger partial charge in [-0.3, -0.25) is 4.79 Å². The molecule has 1 N–H and O–H groups in total. The zero-order valence-corrected chi connectivity index (χ0v) is 21.6. The molecule has 0 aromatic heterocycles. The van der Waals surface area contributed by atoms with Crippen molar-refractivity contribution in [3.05, 3.63) is 84.0 Å².